The summed E-state index contributed by atoms with van der Waals surface area (Å²) in [5.41, 5.74) is 3.21. The number of sulfonamides is 1. The predicted octanol–water partition coefficient (Wildman–Crippen LogP) is 3.78. The third-order valence-electron chi connectivity index (χ3n) is 4.94. The molecule has 28 heavy (non-hydrogen) atoms. The Kier molecular flexibility index (Phi) is 4.55. The van der Waals surface area contributed by atoms with Gasteiger partial charge in [0.15, 0.2) is 0 Å². The van der Waals surface area contributed by atoms with Gasteiger partial charge in [-0.15, -0.1) is 0 Å². The highest BCUT2D eigenvalue weighted by molar-refractivity contribution is 7.92. The maximum absolute atomic E-state index is 13.2. The molecule has 1 aliphatic heterocycles. The average molecular weight is 395 g/mol. The lowest BCUT2D eigenvalue weighted by Crippen LogP contribution is -2.24. The summed E-state index contributed by atoms with van der Waals surface area (Å²) in [6.45, 7) is 4.27. The minimum absolute atomic E-state index is 0.0223. The van der Waals surface area contributed by atoms with Crippen LogP contribution in [0.2, 0.25) is 0 Å². The van der Waals surface area contributed by atoms with Crippen molar-refractivity contribution in [1.29, 1.82) is 0 Å². The number of carbonyl (C=O) groups excluding carboxylic acids is 1. The predicted molar refractivity (Wildman–Crippen MR) is 110 cm³/mol. The lowest BCUT2D eigenvalue weighted by molar-refractivity contribution is -0.117. The molecule has 7 heteroatoms. The SMILES string of the molecule is Cc1cc(NS(=O)(=O)c2cc(N3CCCC3=O)ccc2C)c2ncccc2c1. The molecule has 0 bridgehead atoms. The van der Waals surface area contributed by atoms with Crippen molar-refractivity contribution in [2.45, 2.75) is 31.6 Å². The first-order valence-electron chi connectivity index (χ1n) is 9.14. The van der Waals surface area contributed by atoms with Crippen molar-refractivity contribution in [3.8, 4) is 0 Å². The van der Waals surface area contributed by atoms with E-state index in [0.717, 1.165) is 17.4 Å². The van der Waals surface area contributed by atoms with Gasteiger partial charge in [0, 0.05) is 30.2 Å². The number of hydrogen-bond donors (Lipinski definition) is 1. The van der Waals surface area contributed by atoms with Crippen LogP contribution in [0.5, 0.6) is 0 Å². The monoisotopic (exact) mass is 395 g/mol. The van der Waals surface area contributed by atoms with Crippen LogP contribution in [0.25, 0.3) is 10.9 Å². The van der Waals surface area contributed by atoms with Crippen molar-refractivity contribution in [2.75, 3.05) is 16.2 Å². The van der Waals surface area contributed by atoms with E-state index in [4.69, 9.17) is 0 Å². The van der Waals surface area contributed by atoms with Crippen LogP contribution < -0.4 is 9.62 Å². The summed E-state index contributed by atoms with van der Waals surface area (Å²) < 4.78 is 29.1. The van der Waals surface area contributed by atoms with Crippen molar-refractivity contribution >= 4 is 38.2 Å². The molecular weight excluding hydrogens is 374 g/mol. The van der Waals surface area contributed by atoms with E-state index in [9.17, 15) is 13.2 Å². The highest BCUT2D eigenvalue weighted by Gasteiger charge is 2.25. The molecule has 0 spiro atoms. The largest absolute Gasteiger partial charge is 0.312 e. The normalized spacial score (nSPS) is 14.6. The molecule has 6 nitrogen and oxygen atoms in total. The fourth-order valence-corrected chi connectivity index (χ4v) is 4.91. The molecule has 1 amide bonds. The minimum atomic E-state index is -3.85. The van der Waals surface area contributed by atoms with Gasteiger partial charge in [-0.05, 0) is 61.7 Å². The zero-order valence-electron chi connectivity index (χ0n) is 15.8. The van der Waals surface area contributed by atoms with Crippen LogP contribution in [0, 0.1) is 13.8 Å². The molecule has 144 valence electrons. The fourth-order valence-electron chi connectivity index (χ4n) is 3.59. The molecule has 2 aromatic carbocycles. The van der Waals surface area contributed by atoms with Crippen molar-refractivity contribution in [1.82, 2.24) is 4.98 Å². The second-order valence-corrected chi connectivity index (χ2v) is 8.74. The van der Waals surface area contributed by atoms with E-state index in [2.05, 4.69) is 9.71 Å². The van der Waals surface area contributed by atoms with Crippen molar-refractivity contribution in [3.63, 3.8) is 0 Å². The smallest absolute Gasteiger partial charge is 0.262 e. The van der Waals surface area contributed by atoms with Gasteiger partial charge in [-0.3, -0.25) is 14.5 Å². The summed E-state index contributed by atoms with van der Waals surface area (Å²) in [6, 6.07) is 12.6. The highest BCUT2D eigenvalue weighted by atomic mass is 32.2. The number of anilines is 2. The third-order valence-corrected chi connectivity index (χ3v) is 6.45. The summed E-state index contributed by atoms with van der Waals surface area (Å²) in [6.07, 6.45) is 2.92. The first kappa shape index (κ1) is 18.4. The van der Waals surface area contributed by atoms with Gasteiger partial charge in [-0.25, -0.2) is 8.42 Å². The standard InChI is InChI=1S/C21H21N3O3S/c1-14-11-16-5-3-9-22-21(16)18(12-14)23-28(26,27)19-13-17(8-7-15(19)2)24-10-4-6-20(24)25/h3,5,7-9,11-13,23H,4,6,10H2,1-2H3. The van der Waals surface area contributed by atoms with E-state index in [-0.39, 0.29) is 10.8 Å². The number of nitrogens with one attached hydrogen (secondary N) is 1. The Balaban J connectivity index is 1.76. The van der Waals surface area contributed by atoms with E-state index in [1.165, 1.54) is 0 Å². The number of amides is 1. The zero-order valence-corrected chi connectivity index (χ0v) is 16.6. The Hall–Kier alpha value is -2.93. The molecule has 1 aromatic heterocycles. The zero-order chi connectivity index (χ0) is 19.9. The molecule has 0 saturated carbocycles. The molecule has 4 rings (SSSR count). The first-order chi connectivity index (χ1) is 13.3. The molecule has 1 fully saturated rings. The van der Waals surface area contributed by atoms with E-state index in [1.54, 1.807) is 42.3 Å². The third kappa shape index (κ3) is 3.33. The number of aromatic nitrogens is 1. The molecule has 1 saturated heterocycles. The number of rotatable bonds is 4. The lowest BCUT2D eigenvalue weighted by atomic mass is 10.1. The quantitative estimate of drug-likeness (QED) is 0.729. The number of aryl methyl sites for hydroxylation is 2. The maximum atomic E-state index is 13.2. The summed E-state index contributed by atoms with van der Waals surface area (Å²) in [5.74, 6) is 0.0223. The van der Waals surface area contributed by atoms with Crippen molar-refractivity contribution < 1.29 is 13.2 Å². The summed E-state index contributed by atoms with van der Waals surface area (Å²) >= 11 is 0. The molecule has 1 aliphatic rings. The van der Waals surface area contributed by atoms with Crippen molar-refractivity contribution in [2.24, 2.45) is 0 Å². The molecule has 0 unspecified atom stereocenters. The molecule has 0 aliphatic carbocycles. The molecule has 2 heterocycles. The van der Waals surface area contributed by atoms with Crippen LogP contribution in [-0.4, -0.2) is 25.9 Å². The molecule has 1 N–H and O–H groups in total. The highest BCUT2D eigenvalue weighted by Crippen LogP contribution is 2.30. The first-order valence-corrected chi connectivity index (χ1v) is 10.6. The Morgan fingerprint density at radius 2 is 1.93 bits per heavy atom. The lowest BCUT2D eigenvalue weighted by Gasteiger charge is -2.18. The Morgan fingerprint density at radius 1 is 1.11 bits per heavy atom. The van der Waals surface area contributed by atoms with Gasteiger partial charge in [0.1, 0.15) is 0 Å². The maximum Gasteiger partial charge on any atom is 0.262 e. The van der Waals surface area contributed by atoms with Gasteiger partial charge >= 0.3 is 0 Å². The fraction of sp³-hybridized carbons (Fsp3) is 0.238. The Bertz CT molecular complexity index is 1190. The topological polar surface area (TPSA) is 79.4 Å². The van der Waals surface area contributed by atoms with Gasteiger partial charge in [-0.2, -0.15) is 0 Å². The van der Waals surface area contributed by atoms with Gasteiger partial charge < -0.3 is 4.90 Å². The number of fused-ring (bicyclic) bond motifs is 1. The van der Waals surface area contributed by atoms with Crippen LogP contribution in [0.15, 0.2) is 53.6 Å². The number of carbonyl (C=O) groups is 1. The van der Waals surface area contributed by atoms with Crippen LogP contribution in [0.3, 0.4) is 0 Å². The van der Waals surface area contributed by atoms with Crippen LogP contribution >= 0.6 is 0 Å². The van der Waals surface area contributed by atoms with E-state index >= 15 is 0 Å². The number of pyridine rings is 1. The van der Waals surface area contributed by atoms with Crippen LogP contribution in [0.4, 0.5) is 11.4 Å². The van der Waals surface area contributed by atoms with Gasteiger partial charge in [0.2, 0.25) is 5.91 Å². The molecule has 0 radical (unpaired) electrons. The molecule has 3 aromatic rings. The van der Waals surface area contributed by atoms with Crippen molar-refractivity contribution in [3.05, 3.63) is 59.8 Å². The molecular formula is C21H21N3O3S. The number of benzene rings is 2. The van der Waals surface area contributed by atoms with E-state index in [1.807, 2.05) is 25.1 Å². The van der Waals surface area contributed by atoms with Crippen LogP contribution in [-0.2, 0) is 14.8 Å². The second-order valence-electron chi connectivity index (χ2n) is 7.09. The van der Waals surface area contributed by atoms with Gasteiger partial charge in [0.05, 0.1) is 16.1 Å². The number of nitrogens with zero attached hydrogens (tertiary/aromatic N) is 2. The molecule has 0 atom stereocenters. The van der Waals surface area contributed by atoms with Crippen LogP contribution in [0.1, 0.15) is 24.0 Å². The van der Waals surface area contributed by atoms with E-state index in [0.29, 0.717) is 35.4 Å². The summed E-state index contributed by atoms with van der Waals surface area (Å²) in [4.78, 5) is 18.2. The number of hydrogen-bond acceptors (Lipinski definition) is 4. The Labute approximate surface area is 164 Å². The second kappa shape index (κ2) is 6.91. The van der Waals surface area contributed by atoms with Gasteiger partial charge in [0.25, 0.3) is 10.0 Å². The van der Waals surface area contributed by atoms with E-state index < -0.39 is 10.0 Å². The summed E-state index contributed by atoms with van der Waals surface area (Å²) in [7, 11) is -3.85. The summed E-state index contributed by atoms with van der Waals surface area (Å²) in [5, 5.41) is 0.869. The minimum Gasteiger partial charge on any atom is -0.312 e. The Morgan fingerprint density at radius 3 is 2.68 bits per heavy atom. The van der Waals surface area contributed by atoms with Gasteiger partial charge in [-0.1, -0.05) is 12.1 Å². The average Bonchev–Trinajstić information content (AvgIpc) is 3.07.